The fraction of sp³-hybridized carbons (Fsp3) is 0.256. The highest BCUT2D eigenvalue weighted by Crippen LogP contribution is 2.31. The molecule has 1 heterocycles. The van der Waals surface area contributed by atoms with Crippen molar-refractivity contribution in [2.75, 3.05) is 13.2 Å². The predicted octanol–water partition coefficient (Wildman–Crippen LogP) is 5.94. The van der Waals surface area contributed by atoms with E-state index in [9.17, 15) is 19.2 Å². The van der Waals surface area contributed by atoms with Crippen LogP contribution in [-0.4, -0.2) is 72.9 Å². The number of hydrogen-bond donors (Lipinski definition) is 1. The Hall–Kier alpha value is -5.59. The van der Waals surface area contributed by atoms with Crippen molar-refractivity contribution < 1.29 is 47.6 Å². The maximum Gasteiger partial charge on any atom is 0.338 e. The standard InChI is InChI=1S/C39H37NO10S/c1-2-3-24-45-39(51)40-34-33(50-38(44)29-22-14-7-15-23-29)32(49-37(43)28-20-12-6-13-21-28)31(48-34)30(47-36(42)27-18-10-5-11-19-27)25-46-35(41)26-16-8-4-9-17-26/h4-23,30-34H,2-3,24-25H2,1H3,(H,40,51)/t30-,31+,32+,33-,34-/m1/s1. The van der Waals surface area contributed by atoms with Crippen molar-refractivity contribution in [3.05, 3.63) is 144 Å². The zero-order valence-corrected chi connectivity index (χ0v) is 28.6. The third-order valence-corrected chi connectivity index (χ3v) is 8.00. The quantitative estimate of drug-likeness (QED) is 0.0718. The number of thiocarbonyl (C=S) groups is 1. The number of rotatable bonds is 14. The first-order valence-electron chi connectivity index (χ1n) is 16.4. The highest BCUT2D eigenvalue weighted by atomic mass is 32.1. The predicted molar refractivity (Wildman–Crippen MR) is 189 cm³/mol. The summed E-state index contributed by atoms with van der Waals surface area (Å²) in [6.45, 7) is 1.79. The van der Waals surface area contributed by atoms with Gasteiger partial charge in [-0.2, -0.15) is 0 Å². The van der Waals surface area contributed by atoms with Gasteiger partial charge in [-0.15, -0.1) is 0 Å². The fourth-order valence-electron chi connectivity index (χ4n) is 5.15. The molecule has 0 amide bonds. The minimum absolute atomic E-state index is 0.0590. The largest absolute Gasteiger partial charge is 0.471 e. The first kappa shape index (κ1) is 36.7. The van der Waals surface area contributed by atoms with Crippen LogP contribution in [0.15, 0.2) is 121 Å². The van der Waals surface area contributed by atoms with Crippen molar-refractivity contribution >= 4 is 41.3 Å². The van der Waals surface area contributed by atoms with E-state index >= 15 is 0 Å². The molecule has 5 atom stereocenters. The van der Waals surface area contributed by atoms with Crippen LogP contribution in [0.2, 0.25) is 0 Å². The molecule has 0 aromatic heterocycles. The van der Waals surface area contributed by atoms with Gasteiger partial charge in [-0.05, 0) is 67.2 Å². The molecule has 11 nitrogen and oxygen atoms in total. The summed E-state index contributed by atoms with van der Waals surface area (Å²) in [5, 5.41) is 2.86. The van der Waals surface area contributed by atoms with Crippen molar-refractivity contribution in [2.45, 2.75) is 50.4 Å². The van der Waals surface area contributed by atoms with Gasteiger partial charge >= 0.3 is 23.9 Å². The first-order valence-corrected chi connectivity index (χ1v) is 16.8. The maximum absolute atomic E-state index is 13.6. The van der Waals surface area contributed by atoms with Gasteiger partial charge in [0.15, 0.2) is 24.5 Å². The molecule has 0 aliphatic carbocycles. The van der Waals surface area contributed by atoms with Crippen LogP contribution in [-0.2, 0) is 28.4 Å². The minimum atomic E-state index is -1.41. The molecule has 264 valence electrons. The van der Waals surface area contributed by atoms with E-state index in [2.05, 4.69) is 5.32 Å². The highest BCUT2D eigenvalue weighted by Gasteiger charge is 2.54. The lowest BCUT2D eigenvalue weighted by molar-refractivity contribution is -0.0977. The summed E-state index contributed by atoms with van der Waals surface area (Å²) >= 11 is 5.43. The van der Waals surface area contributed by atoms with E-state index in [1.54, 1.807) is 121 Å². The van der Waals surface area contributed by atoms with E-state index in [-0.39, 0.29) is 27.4 Å². The van der Waals surface area contributed by atoms with E-state index < -0.39 is 61.1 Å². The van der Waals surface area contributed by atoms with E-state index in [0.29, 0.717) is 6.61 Å². The molecular formula is C39H37NO10S. The Bertz CT molecular complexity index is 1760. The number of carbonyl (C=O) groups is 4. The Balaban J connectivity index is 1.51. The smallest absolute Gasteiger partial charge is 0.338 e. The van der Waals surface area contributed by atoms with Gasteiger partial charge in [-0.25, -0.2) is 19.2 Å². The molecule has 51 heavy (non-hydrogen) atoms. The Kier molecular flexibility index (Phi) is 13.2. The summed E-state index contributed by atoms with van der Waals surface area (Å²) < 4.78 is 35.6. The molecular weight excluding hydrogens is 674 g/mol. The minimum Gasteiger partial charge on any atom is -0.471 e. The van der Waals surface area contributed by atoms with Gasteiger partial charge in [0.2, 0.25) is 0 Å². The van der Waals surface area contributed by atoms with E-state index in [0.717, 1.165) is 12.8 Å². The lowest BCUT2D eigenvalue weighted by Gasteiger charge is -2.28. The molecule has 1 aliphatic rings. The van der Waals surface area contributed by atoms with Crippen molar-refractivity contribution in [2.24, 2.45) is 0 Å². The summed E-state index contributed by atoms with van der Waals surface area (Å²) in [6.07, 6.45) is -5.17. The summed E-state index contributed by atoms with van der Waals surface area (Å²) in [5.74, 6) is -2.98. The van der Waals surface area contributed by atoms with Crippen molar-refractivity contribution in [1.82, 2.24) is 5.32 Å². The average Bonchev–Trinajstić information content (AvgIpc) is 3.49. The van der Waals surface area contributed by atoms with Crippen molar-refractivity contribution in [3.8, 4) is 0 Å². The normalized spacial score (nSPS) is 18.5. The maximum atomic E-state index is 13.6. The van der Waals surface area contributed by atoms with Crippen LogP contribution in [0, 0.1) is 0 Å². The molecule has 0 saturated carbocycles. The van der Waals surface area contributed by atoms with Gasteiger partial charge < -0.3 is 33.7 Å². The van der Waals surface area contributed by atoms with Crippen LogP contribution in [0.25, 0.3) is 0 Å². The van der Waals surface area contributed by atoms with Crippen LogP contribution in [0.5, 0.6) is 0 Å². The van der Waals surface area contributed by atoms with Gasteiger partial charge in [0.25, 0.3) is 5.17 Å². The van der Waals surface area contributed by atoms with Gasteiger partial charge in [-0.3, -0.25) is 0 Å². The lowest BCUT2D eigenvalue weighted by atomic mass is 10.0. The summed E-state index contributed by atoms with van der Waals surface area (Å²) in [4.78, 5) is 53.6. The molecule has 1 aliphatic heterocycles. The van der Waals surface area contributed by atoms with E-state index in [1.165, 1.54) is 0 Å². The second-order valence-corrected chi connectivity index (χ2v) is 11.8. The van der Waals surface area contributed by atoms with Gasteiger partial charge in [0, 0.05) is 0 Å². The molecule has 1 saturated heterocycles. The van der Waals surface area contributed by atoms with Gasteiger partial charge in [0.1, 0.15) is 12.7 Å². The number of nitrogens with one attached hydrogen (secondary N) is 1. The Labute approximate surface area is 300 Å². The van der Waals surface area contributed by atoms with Crippen LogP contribution in [0.3, 0.4) is 0 Å². The topological polar surface area (TPSA) is 136 Å². The number of ether oxygens (including phenoxy) is 6. The molecule has 4 aromatic carbocycles. The van der Waals surface area contributed by atoms with Crippen LogP contribution in [0.1, 0.15) is 61.2 Å². The molecule has 0 unspecified atom stereocenters. The zero-order valence-electron chi connectivity index (χ0n) is 27.8. The molecule has 5 rings (SSSR count). The molecule has 1 N–H and O–H groups in total. The first-order chi connectivity index (χ1) is 24.8. The molecule has 12 heteroatoms. The Morgan fingerprint density at radius 1 is 0.647 bits per heavy atom. The highest BCUT2D eigenvalue weighted by molar-refractivity contribution is 7.80. The molecule has 0 radical (unpaired) electrons. The molecule has 4 aromatic rings. The van der Waals surface area contributed by atoms with E-state index in [4.69, 9.17) is 40.6 Å². The fourth-order valence-corrected chi connectivity index (χ4v) is 5.35. The number of benzene rings is 4. The molecule has 0 bridgehead atoms. The second kappa shape index (κ2) is 18.4. The van der Waals surface area contributed by atoms with Gasteiger partial charge in [0.05, 0.1) is 28.9 Å². The van der Waals surface area contributed by atoms with Gasteiger partial charge in [-0.1, -0.05) is 86.1 Å². The number of esters is 4. The SMILES string of the molecule is CCCCOC(=S)N[C@@H]1O[C@@H]([C@@H](COC(=O)c2ccccc2)OC(=O)c2ccccc2)[C@H](OC(=O)c2ccccc2)[C@H]1OC(=O)c1ccccc1. The molecule has 1 fully saturated rings. The Morgan fingerprint density at radius 3 is 1.59 bits per heavy atom. The monoisotopic (exact) mass is 711 g/mol. The zero-order chi connectivity index (χ0) is 36.0. The third kappa shape index (κ3) is 10.2. The summed E-state index contributed by atoms with van der Waals surface area (Å²) in [6, 6.07) is 32.8. The lowest BCUT2D eigenvalue weighted by Crippen LogP contribution is -2.49. The number of hydrogen-bond acceptors (Lipinski definition) is 11. The number of carbonyl (C=O) groups excluding carboxylic acids is 4. The number of unbranched alkanes of at least 4 members (excludes halogenated alkanes) is 1. The average molecular weight is 712 g/mol. The van der Waals surface area contributed by atoms with E-state index in [1.807, 2.05) is 6.92 Å². The molecule has 0 spiro atoms. The van der Waals surface area contributed by atoms with Crippen LogP contribution >= 0.6 is 12.2 Å². The summed E-state index contributed by atoms with van der Waals surface area (Å²) in [7, 11) is 0. The second-order valence-electron chi connectivity index (χ2n) is 11.4. The third-order valence-electron chi connectivity index (χ3n) is 7.77. The van der Waals surface area contributed by atoms with Crippen molar-refractivity contribution in [3.63, 3.8) is 0 Å². The Morgan fingerprint density at radius 2 is 1.10 bits per heavy atom. The summed E-state index contributed by atoms with van der Waals surface area (Å²) in [5.41, 5.74) is 0.889. The van der Waals surface area contributed by atoms with Crippen LogP contribution < -0.4 is 5.32 Å². The van der Waals surface area contributed by atoms with Crippen molar-refractivity contribution in [1.29, 1.82) is 0 Å². The van der Waals surface area contributed by atoms with Crippen LogP contribution in [0.4, 0.5) is 0 Å².